The van der Waals surface area contributed by atoms with Crippen molar-refractivity contribution in [2.75, 3.05) is 13.7 Å². The van der Waals surface area contributed by atoms with Gasteiger partial charge in [-0.3, -0.25) is 4.79 Å². The highest BCUT2D eigenvalue weighted by Crippen LogP contribution is 2.19. The monoisotopic (exact) mass is 314 g/mol. The van der Waals surface area contributed by atoms with E-state index in [0.29, 0.717) is 5.75 Å². The molecule has 1 amide bonds. The normalized spacial score (nSPS) is 10.3. The summed E-state index contributed by atoms with van der Waals surface area (Å²) in [4.78, 5) is 10.7. The zero-order valence-corrected chi connectivity index (χ0v) is 13.5. The number of amides is 1. The first-order valence-electron chi connectivity index (χ1n) is 7.43. The number of ether oxygens (including phenoxy) is 2. The van der Waals surface area contributed by atoms with Gasteiger partial charge in [-0.2, -0.15) is 0 Å². The van der Waals surface area contributed by atoms with Gasteiger partial charge in [0, 0.05) is 18.7 Å². The lowest BCUT2D eigenvalue weighted by molar-refractivity contribution is -0.119. The third-order valence-electron chi connectivity index (χ3n) is 3.38. The molecular formula is C18H22N2O3. The molecule has 0 spiro atoms. The Morgan fingerprint density at radius 1 is 1.13 bits per heavy atom. The van der Waals surface area contributed by atoms with Crippen molar-refractivity contribution in [1.29, 1.82) is 0 Å². The number of nitrogens with two attached hydrogens (primary N) is 1. The van der Waals surface area contributed by atoms with Gasteiger partial charge in [0.1, 0.15) is 11.5 Å². The maximum atomic E-state index is 10.7. The molecule has 0 saturated carbocycles. The number of methoxy groups -OCH3 is 1. The summed E-state index contributed by atoms with van der Waals surface area (Å²) in [5, 5.41) is 3.39. The van der Waals surface area contributed by atoms with Crippen LogP contribution in [0.5, 0.6) is 11.5 Å². The van der Waals surface area contributed by atoms with Crippen LogP contribution in [0.15, 0.2) is 42.5 Å². The summed E-state index contributed by atoms with van der Waals surface area (Å²) < 4.78 is 10.6. The van der Waals surface area contributed by atoms with Crippen molar-refractivity contribution in [1.82, 2.24) is 5.32 Å². The molecule has 0 bridgehead atoms. The molecule has 0 radical (unpaired) electrons. The predicted molar refractivity (Wildman–Crippen MR) is 89.4 cm³/mol. The van der Waals surface area contributed by atoms with Crippen LogP contribution in [0.3, 0.4) is 0 Å². The molecule has 0 fully saturated rings. The molecule has 3 N–H and O–H groups in total. The van der Waals surface area contributed by atoms with Gasteiger partial charge >= 0.3 is 0 Å². The standard InChI is InChI=1S/C18H22N2O3/c1-13-3-8-17(22-2)15(9-13)11-20-10-14-4-6-16(7-5-14)23-12-18(19)21/h3-9,20H,10-12H2,1-2H3,(H2,19,21). The van der Waals surface area contributed by atoms with E-state index in [1.807, 2.05) is 36.4 Å². The Bertz CT molecular complexity index is 654. The van der Waals surface area contributed by atoms with E-state index in [2.05, 4.69) is 18.3 Å². The first-order chi connectivity index (χ1) is 11.1. The Labute approximate surface area is 136 Å². The number of primary amides is 1. The summed E-state index contributed by atoms with van der Waals surface area (Å²) in [7, 11) is 1.68. The first kappa shape index (κ1) is 16.8. The highest BCUT2D eigenvalue weighted by molar-refractivity contribution is 5.75. The zero-order chi connectivity index (χ0) is 16.7. The largest absolute Gasteiger partial charge is 0.496 e. The molecule has 0 atom stereocenters. The van der Waals surface area contributed by atoms with Crippen molar-refractivity contribution in [3.8, 4) is 11.5 Å². The predicted octanol–water partition coefficient (Wildman–Crippen LogP) is 2.16. The molecule has 2 aromatic rings. The van der Waals surface area contributed by atoms with Crippen molar-refractivity contribution in [2.24, 2.45) is 5.73 Å². The highest BCUT2D eigenvalue weighted by Gasteiger charge is 2.03. The smallest absolute Gasteiger partial charge is 0.255 e. The zero-order valence-electron chi connectivity index (χ0n) is 13.5. The van der Waals surface area contributed by atoms with E-state index in [-0.39, 0.29) is 6.61 Å². The van der Waals surface area contributed by atoms with Crippen LogP contribution in [0.2, 0.25) is 0 Å². The van der Waals surface area contributed by atoms with E-state index < -0.39 is 5.91 Å². The van der Waals surface area contributed by atoms with Crippen LogP contribution in [0.25, 0.3) is 0 Å². The van der Waals surface area contributed by atoms with Gasteiger partial charge in [-0.1, -0.05) is 29.8 Å². The molecule has 23 heavy (non-hydrogen) atoms. The van der Waals surface area contributed by atoms with Gasteiger partial charge < -0.3 is 20.5 Å². The van der Waals surface area contributed by atoms with E-state index in [9.17, 15) is 4.79 Å². The average molecular weight is 314 g/mol. The van der Waals surface area contributed by atoms with Gasteiger partial charge in [0.05, 0.1) is 7.11 Å². The molecule has 0 aliphatic rings. The molecule has 0 unspecified atom stereocenters. The van der Waals surface area contributed by atoms with Crippen LogP contribution in [0.4, 0.5) is 0 Å². The van der Waals surface area contributed by atoms with E-state index in [0.717, 1.165) is 30.0 Å². The Kier molecular flexibility index (Phi) is 6.00. The molecule has 0 aromatic heterocycles. The van der Waals surface area contributed by atoms with Crippen molar-refractivity contribution in [3.63, 3.8) is 0 Å². The summed E-state index contributed by atoms with van der Waals surface area (Å²) >= 11 is 0. The summed E-state index contributed by atoms with van der Waals surface area (Å²) in [5.41, 5.74) is 8.51. The molecule has 2 aromatic carbocycles. The van der Waals surface area contributed by atoms with Crippen LogP contribution in [0, 0.1) is 6.92 Å². The Hall–Kier alpha value is -2.53. The van der Waals surface area contributed by atoms with Crippen LogP contribution in [0.1, 0.15) is 16.7 Å². The second kappa shape index (κ2) is 8.19. The average Bonchev–Trinajstić information content (AvgIpc) is 2.54. The van der Waals surface area contributed by atoms with Crippen LogP contribution < -0.4 is 20.5 Å². The topological polar surface area (TPSA) is 73.6 Å². The number of nitrogens with one attached hydrogen (secondary N) is 1. The molecular weight excluding hydrogens is 292 g/mol. The second-order valence-corrected chi connectivity index (χ2v) is 5.32. The van der Waals surface area contributed by atoms with Gasteiger partial charge in [0.2, 0.25) is 0 Å². The van der Waals surface area contributed by atoms with Gasteiger partial charge in [0.15, 0.2) is 6.61 Å². The molecule has 0 aliphatic heterocycles. The summed E-state index contributed by atoms with van der Waals surface area (Å²) in [6.45, 7) is 3.41. The number of rotatable bonds is 8. The van der Waals surface area contributed by atoms with Crippen LogP contribution >= 0.6 is 0 Å². The van der Waals surface area contributed by atoms with E-state index >= 15 is 0 Å². The first-order valence-corrected chi connectivity index (χ1v) is 7.43. The van der Waals surface area contributed by atoms with Gasteiger partial charge in [0.25, 0.3) is 5.91 Å². The minimum atomic E-state index is -0.483. The highest BCUT2D eigenvalue weighted by atomic mass is 16.5. The van der Waals surface area contributed by atoms with Crippen molar-refractivity contribution in [2.45, 2.75) is 20.0 Å². The summed E-state index contributed by atoms with van der Waals surface area (Å²) in [5.74, 6) is 1.04. The minimum Gasteiger partial charge on any atom is -0.496 e. The third-order valence-corrected chi connectivity index (χ3v) is 3.38. The van der Waals surface area contributed by atoms with E-state index in [1.54, 1.807) is 7.11 Å². The maximum absolute atomic E-state index is 10.7. The number of carbonyl (C=O) groups excluding carboxylic acids is 1. The fourth-order valence-corrected chi connectivity index (χ4v) is 2.25. The van der Waals surface area contributed by atoms with E-state index in [4.69, 9.17) is 15.2 Å². The van der Waals surface area contributed by atoms with Crippen LogP contribution in [-0.2, 0) is 17.9 Å². The lowest BCUT2D eigenvalue weighted by Crippen LogP contribution is -2.20. The third kappa shape index (κ3) is 5.30. The number of aryl methyl sites for hydroxylation is 1. The minimum absolute atomic E-state index is 0.106. The summed E-state index contributed by atoms with van der Waals surface area (Å²) in [6, 6.07) is 13.7. The van der Waals surface area contributed by atoms with Gasteiger partial charge in [-0.05, 0) is 30.7 Å². The number of hydrogen-bond donors (Lipinski definition) is 2. The molecule has 5 heteroatoms. The van der Waals surface area contributed by atoms with Crippen molar-refractivity contribution < 1.29 is 14.3 Å². The van der Waals surface area contributed by atoms with E-state index in [1.165, 1.54) is 5.56 Å². The lowest BCUT2D eigenvalue weighted by Gasteiger charge is -2.11. The number of carbonyl (C=O) groups is 1. The second-order valence-electron chi connectivity index (χ2n) is 5.32. The molecule has 2 rings (SSSR count). The fraction of sp³-hybridized carbons (Fsp3) is 0.278. The Morgan fingerprint density at radius 3 is 2.52 bits per heavy atom. The van der Waals surface area contributed by atoms with Crippen molar-refractivity contribution in [3.05, 3.63) is 59.2 Å². The van der Waals surface area contributed by atoms with Gasteiger partial charge in [-0.15, -0.1) is 0 Å². The SMILES string of the molecule is COc1ccc(C)cc1CNCc1ccc(OCC(N)=O)cc1. The van der Waals surface area contributed by atoms with Gasteiger partial charge in [-0.25, -0.2) is 0 Å². The molecule has 5 nitrogen and oxygen atoms in total. The van der Waals surface area contributed by atoms with Crippen LogP contribution in [-0.4, -0.2) is 19.6 Å². The van der Waals surface area contributed by atoms with Crippen molar-refractivity contribution >= 4 is 5.91 Å². The molecule has 0 saturated heterocycles. The quantitative estimate of drug-likeness (QED) is 0.783. The lowest BCUT2D eigenvalue weighted by atomic mass is 10.1. The maximum Gasteiger partial charge on any atom is 0.255 e. The molecule has 122 valence electrons. The Morgan fingerprint density at radius 2 is 1.87 bits per heavy atom. The summed E-state index contributed by atoms with van der Waals surface area (Å²) in [6.07, 6.45) is 0. The fourth-order valence-electron chi connectivity index (χ4n) is 2.25. The molecule has 0 heterocycles. The number of benzene rings is 2. The molecule has 0 aliphatic carbocycles. The Balaban J connectivity index is 1.86. The number of hydrogen-bond acceptors (Lipinski definition) is 4.